The number of amides is 2. The van der Waals surface area contributed by atoms with Gasteiger partial charge >= 0.3 is 0 Å². The Kier molecular flexibility index (Phi) is 6.03. The van der Waals surface area contributed by atoms with Crippen LogP contribution in [0, 0.1) is 17.8 Å². The van der Waals surface area contributed by atoms with Gasteiger partial charge in [0.15, 0.2) is 0 Å². The lowest BCUT2D eigenvalue weighted by atomic mass is 9.82. The molecule has 21 heavy (non-hydrogen) atoms. The zero-order valence-electron chi connectivity index (χ0n) is 13.1. The largest absolute Gasteiger partial charge is 0.369 e. The molecule has 0 radical (unpaired) electrons. The van der Waals surface area contributed by atoms with Gasteiger partial charge in [-0.2, -0.15) is 0 Å². The molecule has 5 heteroatoms. The lowest BCUT2D eigenvalue weighted by Crippen LogP contribution is -2.47. The van der Waals surface area contributed by atoms with Gasteiger partial charge in [-0.25, -0.2) is 0 Å². The molecular formula is C16H29N3O2. The van der Waals surface area contributed by atoms with Crippen LogP contribution in [0.25, 0.3) is 0 Å². The second-order valence-corrected chi connectivity index (χ2v) is 6.74. The van der Waals surface area contributed by atoms with Crippen molar-refractivity contribution < 1.29 is 9.59 Å². The Balaban J connectivity index is 1.81. The first kappa shape index (κ1) is 16.3. The summed E-state index contributed by atoms with van der Waals surface area (Å²) in [5.41, 5.74) is 5.45. The minimum Gasteiger partial charge on any atom is -0.369 e. The summed E-state index contributed by atoms with van der Waals surface area (Å²) in [6.07, 6.45) is 6.66. The molecule has 1 aliphatic heterocycles. The van der Waals surface area contributed by atoms with E-state index >= 15 is 0 Å². The Morgan fingerprint density at radius 1 is 1.19 bits per heavy atom. The van der Waals surface area contributed by atoms with Crippen molar-refractivity contribution in [2.75, 3.05) is 13.1 Å². The zero-order chi connectivity index (χ0) is 15.2. The van der Waals surface area contributed by atoms with Gasteiger partial charge in [-0.15, -0.1) is 0 Å². The van der Waals surface area contributed by atoms with Crippen LogP contribution in [0.5, 0.6) is 0 Å². The summed E-state index contributed by atoms with van der Waals surface area (Å²) in [6, 6.07) is -0.0519. The normalized spacial score (nSPS) is 28.8. The van der Waals surface area contributed by atoms with Crippen molar-refractivity contribution in [3.63, 3.8) is 0 Å². The number of hydrogen-bond donors (Lipinski definition) is 3. The minimum atomic E-state index is -0.272. The number of primary amides is 1. The second kappa shape index (κ2) is 7.78. The highest BCUT2D eigenvalue weighted by Crippen LogP contribution is 2.26. The van der Waals surface area contributed by atoms with Crippen LogP contribution >= 0.6 is 0 Å². The second-order valence-electron chi connectivity index (χ2n) is 6.74. The average molecular weight is 295 g/mol. The van der Waals surface area contributed by atoms with Crippen molar-refractivity contribution in [3.05, 3.63) is 0 Å². The van der Waals surface area contributed by atoms with Crippen molar-refractivity contribution >= 4 is 11.8 Å². The fourth-order valence-electron chi connectivity index (χ4n) is 3.78. The SMILES string of the molecule is CC(CC(=O)NC1CCCCC1C(N)=O)C1CCNCC1. The quantitative estimate of drug-likeness (QED) is 0.712. The number of piperidine rings is 1. The maximum atomic E-state index is 12.3. The summed E-state index contributed by atoms with van der Waals surface area (Å²) in [4.78, 5) is 23.7. The van der Waals surface area contributed by atoms with E-state index in [1.54, 1.807) is 0 Å². The van der Waals surface area contributed by atoms with Gasteiger partial charge in [0, 0.05) is 12.5 Å². The van der Waals surface area contributed by atoms with E-state index in [1.807, 2.05) is 0 Å². The van der Waals surface area contributed by atoms with Crippen LogP contribution in [0.4, 0.5) is 0 Å². The highest BCUT2D eigenvalue weighted by Gasteiger charge is 2.31. The molecule has 0 aromatic rings. The molecule has 0 bridgehead atoms. The molecule has 5 nitrogen and oxygen atoms in total. The first-order chi connectivity index (χ1) is 10.1. The summed E-state index contributed by atoms with van der Waals surface area (Å²) in [5, 5.41) is 6.42. The highest BCUT2D eigenvalue weighted by atomic mass is 16.2. The van der Waals surface area contributed by atoms with Crippen LogP contribution in [-0.2, 0) is 9.59 Å². The van der Waals surface area contributed by atoms with Crippen LogP contribution in [0.2, 0.25) is 0 Å². The molecule has 120 valence electrons. The minimum absolute atomic E-state index is 0.0519. The van der Waals surface area contributed by atoms with Crippen LogP contribution in [0.3, 0.4) is 0 Å². The van der Waals surface area contributed by atoms with E-state index < -0.39 is 0 Å². The van der Waals surface area contributed by atoms with Crippen LogP contribution in [0.15, 0.2) is 0 Å². The zero-order valence-corrected chi connectivity index (χ0v) is 13.1. The van der Waals surface area contributed by atoms with E-state index in [0.717, 1.165) is 51.6 Å². The Hall–Kier alpha value is -1.10. The van der Waals surface area contributed by atoms with Crippen LogP contribution in [0.1, 0.15) is 51.9 Å². The van der Waals surface area contributed by atoms with Crippen LogP contribution in [-0.4, -0.2) is 30.9 Å². The van der Waals surface area contributed by atoms with Gasteiger partial charge in [-0.05, 0) is 50.6 Å². The number of rotatable bonds is 5. The van der Waals surface area contributed by atoms with E-state index in [2.05, 4.69) is 17.6 Å². The number of carbonyl (C=O) groups is 2. The molecule has 1 heterocycles. The molecule has 4 N–H and O–H groups in total. The third-order valence-electron chi connectivity index (χ3n) is 5.17. The van der Waals surface area contributed by atoms with Crippen LogP contribution < -0.4 is 16.4 Å². The predicted octanol–water partition coefficient (Wildman–Crippen LogP) is 1.17. The van der Waals surface area contributed by atoms with Crippen molar-refractivity contribution in [3.8, 4) is 0 Å². The number of nitrogens with two attached hydrogens (primary N) is 1. The molecule has 3 atom stereocenters. The third kappa shape index (κ3) is 4.70. The van der Waals surface area contributed by atoms with Crippen molar-refractivity contribution in [1.29, 1.82) is 0 Å². The Morgan fingerprint density at radius 3 is 2.52 bits per heavy atom. The van der Waals surface area contributed by atoms with E-state index in [1.165, 1.54) is 0 Å². The lowest BCUT2D eigenvalue weighted by Gasteiger charge is -2.31. The molecule has 0 aromatic carbocycles. The predicted molar refractivity (Wildman–Crippen MR) is 82.5 cm³/mol. The van der Waals surface area contributed by atoms with E-state index in [0.29, 0.717) is 18.3 Å². The molecule has 2 rings (SSSR count). The molecule has 0 spiro atoms. The molecule has 1 aliphatic carbocycles. The summed E-state index contributed by atoms with van der Waals surface area (Å²) in [5.74, 6) is 0.667. The first-order valence-electron chi connectivity index (χ1n) is 8.37. The summed E-state index contributed by atoms with van der Waals surface area (Å²) in [7, 11) is 0. The summed E-state index contributed by atoms with van der Waals surface area (Å²) < 4.78 is 0. The number of carbonyl (C=O) groups excluding carboxylic acids is 2. The Labute approximate surface area is 127 Å². The smallest absolute Gasteiger partial charge is 0.222 e. The molecule has 2 fully saturated rings. The molecule has 2 aliphatic rings. The van der Waals surface area contributed by atoms with E-state index in [4.69, 9.17) is 5.73 Å². The summed E-state index contributed by atoms with van der Waals surface area (Å²) in [6.45, 7) is 4.29. The van der Waals surface area contributed by atoms with Crippen molar-refractivity contribution in [1.82, 2.24) is 10.6 Å². The number of nitrogens with one attached hydrogen (secondary N) is 2. The third-order valence-corrected chi connectivity index (χ3v) is 5.17. The first-order valence-corrected chi connectivity index (χ1v) is 8.37. The molecule has 1 saturated carbocycles. The highest BCUT2D eigenvalue weighted by molar-refractivity contribution is 5.80. The molecule has 2 amide bonds. The maximum absolute atomic E-state index is 12.3. The fourth-order valence-corrected chi connectivity index (χ4v) is 3.78. The van der Waals surface area contributed by atoms with Gasteiger partial charge in [-0.1, -0.05) is 19.8 Å². The van der Waals surface area contributed by atoms with E-state index in [-0.39, 0.29) is 23.8 Å². The standard InChI is InChI=1S/C16H29N3O2/c1-11(12-6-8-18-9-7-12)10-15(20)19-14-5-3-2-4-13(14)16(17)21/h11-14,18H,2-10H2,1H3,(H2,17,21)(H,19,20). The molecule has 3 unspecified atom stereocenters. The van der Waals surface area contributed by atoms with Gasteiger partial charge in [0.2, 0.25) is 11.8 Å². The summed E-state index contributed by atoms with van der Waals surface area (Å²) >= 11 is 0. The molecular weight excluding hydrogens is 266 g/mol. The van der Waals surface area contributed by atoms with Gasteiger partial charge in [0.25, 0.3) is 0 Å². The monoisotopic (exact) mass is 295 g/mol. The number of hydrogen-bond acceptors (Lipinski definition) is 3. The van der Waals surface area contributed by atoms with E-state index in [9.17, 15) is 9.59 Å². The lowest BCUT2D eigenvalue weighted by molar-refractivity contribution is -0.126. The average Bonchev–Trinajstić information content (AvgIpc) is 2.48. The van der Waals surface area contributed by atoms with Gasteiger partial charge in [0.1, 0.15) is 0 Å². The topological polar surface area (TPSA) is 84.2 Å². The Bertz CT molecular complexity index is 367. The van der Waals surface area contributed by atoms with Gasteiger partial charge in [0.05, 0.1) is 5.92 Å². The Morgan fingerprint density at radius 2 is 1.86 bits per heavy atom. The maximum Gasteiger partial charge on any atom is 0.222 e. The van der Waals surface area contributed by atoms with Crippen molar-refractivity contribution in [2.24, 2.45) is 23.5 Å². The van der Waals surface area contributed by atoms with Gasteiger partial charge in [-0.3, -0.25) is 9.59 Å². The molecule has 1 saturated heterocycles. The van der Waals surface area contributed by atoms with Gasteiger partial charge < -0.3 is 16.4 Å². The van der Waals surface area contributed by atoms with Crippen molar-refractivity contribution in [2.45, 2.75) is 57.9 Å². The molecule has 0 aromatic heterocycles. The fraction of sp³-hybridized carbons (Fsp3) is 0.875.